The van der Waals surface area contributed by atoms with Crippen molar-refractivity contribution in [2.24, 2.45) is 0 Å². The molecule has 0 spiro atoms. The summed E-state index contributed by atoms with van der Waals surface area (Å²) >= 11 is 0. The molecule has 138 valence electrons. The Morgan fingerprint density at radius 1 is 1.16 bits per heavy atom. The molecule has 6 nitrogen and oxygen atoms in total. The van der Waals surface area contributed by atoms with Gasteiger partial charge < -0.3 is 14.5 Å². The normalized spacial score (nSPS) is 25.4. The van der Waals surface area contributed by atoms with Gasteiger partial charge in [0.1, 0.15) is 10.6 Å². The average molecular weight is 373 g/mol. The molecule has 0 aliphatic carbocycles. The van der Waals surface area contributed by atoms with Crippen molar-refractivity contribution in [3.05, 3.63) is 11.8 Å². The molecular formula is C16H21F2N3O3S. The van der Waals surface area contributed by atoms with Gasteiger partial charge in [0.2, 0.25) is 5.95 Å². The molecule has 0 saturated carbocycles. The van der Waals surface area contributed by atoms with Crippen LogP contribution in [0.15, 0.2) is 4.90 Å². The van der Waals surface area contributed by atoms with E-state index >= 15 is 4.39 Å². The summed E-state index contributed by atoms with van der Waals surface area (Å²) < 4.78 is 60.4. The largest absolute Gasteiger partial charge is 0.376 e. The molecule has 1 aromatic rings. The molecule has 0 unspecified atom stereocenters. The minimum absolute atomic E-state index is 0.0885. The Kier molecular flexibility index (Phi) is 4.31. The number of fused-ring (bicyclic) bond motifs is 1. The number of hydrogen-bond acceptors (Lipinski definition) is 6. The van der Waals surface area contributed by atoms with Crippen molar-refractivity contribution in [2.45, 2.75) is 36.7 Å². The number of sulfone groups is 1. The van der Waals surface area contributed by atoms with E-state index in [2.05, 4.69) is 4.98 Å². The number of ether oxygens (including phenoxy) is 1. The maximum atomic E-state index is 15.1. The van der Waals surface area contributed by atoms with Crippen LogP contribution in [0.1, 0.15) is 25.7 Å². The monoisotopic (exact) mass is 373 g/mol. The van der Waals surface area contributed by atoms with E-state index in [0.29, 0.717) is 26.2 Å². The molecule has 4 heterocycles. The minimum Gasteiger partial charge on any atom is -0.376 e. The smallest absolute Gasteiger partial charge is 0.239 e. The van der Waals surface area contributed by atoms with Gasteiger partial charge in [-0.25, -0.2) is 12.8 Å². The van der Waals surface area contributed by atoms with Gasteiger partial charge in [0.25, 0.3) is 0 Å². The van der Waals surface area contributed by atoms with E-state index in [9.17, 15) is 12.8 Å². The second-order valence-corrected chi connectivity index (χ2v) is 8.86. The van der Waals surface area contributed by atoms with E-state index in [0.717, 1.165) is 25.7 Å². The molecule has 1 atom stereocenters. The lowest BCUT2D eigenvalue weighted by Crippen LogP contribution is -2.41. The highest BCUT2D eigenvalue weighted by Crippen LogP contribution is 2.39. The molecule has 3 aliphatic heterocycles. The van der Waals surface area contributed by atoms with Gasteiger partial charge in [-0.05, 0) is 25.7 Å². The molecule has 0 bridgehead atoms. The summed E-state index contributed by atoms with van der Waals surface area (Å²) in [6.45, 7) is 2.23. The van der Waals surface area contributed by atoms with Crippen molar-refractivity contribution >= 4 is 21.3 Å². The van der Waals surface area contributed by atoms with Crippen LogP contribution in [-0.4, -0.2) is 58.0 Å². The third-order valence-electron chi connectivity index (χ3n) is 5.12. The number of anilines is 2. The molecule has 1 aromatic heterocycles. The standard InChI is InChI=1S/C16H21F2N3O3S/c17-12-14-13(15(18)19-16(12)20-5-1-2-6-20)21(7-9-25(14,22)23)10-11-4-3-8-24-11/h11H,1-10H2/t11-/m0/s1. The quantitative estimate of drug-likeness (QED) is 0.752. The van der Waals surface area contributed by atoms with Gasteiger partial charge in [-0.15, -0.1) is 0 Å². The van der Waals surface area contributed by atoms with Gasteiger partial charge in [0.05, 0.1) is 11.9 Å². The third kappa shape index (κ3) is 2.97. The van der Waals surface area contributed by atoms with Crippen molar-refractivity contribution < 1.29 is 21.9 Å². The number of rotatable bonds is 3. The zero-order chi connectivity index (χ0) is 17.6. The summed E-state index contributed by atoms with van der Waals surface area (Å²) in [6.07, 6.45) is 3.39. The second kappa shape index (κ2) is 6.35. The van der Waals surface area contributed by atoms with Crippen molar-refractivity contribution in [3.8, 4) is 0 Å². The van der Waals surface area contributed by atoms with Crippen LogP contribution in [0.2, 0.25) is 0 Å². The summed E-state index contributed by atoms with van der Waals surface area (Å²) in [4.78, 5) is 6.45. The SMILES string of the molecule is O=S1(=O)CCN(C[C@@H]2CCCO2)c2c(F)nc(N3CCCC3)c(F)c21. The first-order valence-corrected chi connectivity index (χ1v) is 10.4. The fourth-order valence-electron chi connectivity index (χ4n) is 3.85. The Bertz CT molecular complexity index is 775. The number of pyridine rings is 1. The second-order valence-electron chi connectivity index (χ2n) is 6.81. The molecule has 4 rings (SSSR count). The fraction of sp³-hybridized carbons (Fsp3) is 0.688. The number of aromatic nitrogens is 1. The van der Waals surface area contributed by atoms with E-state index in [1.165, 1.54) is 0 Å². The van der Waals surface area contributed by atoms with Gasteiger partial charge in [0.15, 0.2) is 21.5 Å². The lowest BCUT2D eigenvalue weighted by molar-refractivity contribution is 0.115. The van der Waals surface area contributed by atoms with Crippen LogP contribution in [0, 0.1) is 11.8 Å². The fourth-order valence-corrected chi connectivity index (χ4v) is 5.39. The Hall–Kier alpha value is -1.48. The average Bonchev–Trinajstić information content (AvgIpc) is 3.25. The molecule has 3 aliphatic rings. The van der Waals surface area contributed by atoms with Crippen molar-refractivity contribution in [2.75, 3.05) is 48.3 Å². The van der Waals surface area contributed by atoms with E-state index in [1.807, 2.05) is 0 Å². The highest BCUT2D eigenvalue weighted by molar-refractivity contribution is 7.91. The predicted octanol–water partition coefficient (Wildman–Crippen LogP) is 1.73. The Morgan fingerprint density at radius 2 is 1.92 bits per heavy atom. The van der Waals surface area contributed by atoms with Crippen LogP contribution in [0.4, 0.5) is 20.3 Å². The topological polar surface area (TPSA) is 62.7 Å². The first-order chi connectivity index (χ1) is 12.0. The van der Waals surface area contributed by atoms with Crippen LogP contribution < -0.4 is 9.80 Å². The maximum Gasteiger partial charge on any atom is 0.239 e. The van der Waals surface area contributed by atoms with Crippen LogP contribution in [0.25, 0.3) is 0 Å². The summed E-state index contributed by atoms with van der Waals surface area (Å²) in [7, 11) is -3.88. The lowest BCUT2D eigenvalue weighted by Gasteiger charge is -2.33. The molecular weight excluding hydrogens is 352 g/mol. The summed E-state index contributed by atoms with van der Waals surface area (Å²) in [5.74, 6) is -2.25. The number of hydrogen-bond donors (Lipinski definition) is 0. The molecule has 9 heteroatoms. The third-order valence-corrected chi connectivity index (χ3v) is 6.84. The van der Waals surface area contributed by atoms with Crippen LogP contribution in [-0.2, 0) is 14.6 Å². The highest BCUT2D eigenvalue weighted by atomic mass is 32.2. The summed E-state index contributed by atoms with van der Waals surface area (Å²) in [5.41, 5.74) is -0.234. The van der Waals surface area contributed by atoms with Crippen LogP contribution >= 0.6 is 0 Å². The molecule has 0 amide bonds. The predicted molar refractivity (Wildman–Crippen MR) is 88.8 cm³/mol. The molecule has 0 N–H and O–H groups in total. The Balaban J connectivity index is 1.78. The zero-order valence-corrected chi connectivity index (χ0v) is 14.7. The first-order valence-electron chi connectivity index (χ1n) is 8.70. The first kappa shape index (κ1) is 17.0. The van der Waals surface area contributed by atoms with Gasteiger partial charge in [-0.2, -0.15) is 9.37 Å². The number of halogens is 2. The van der Waals surface area contributed by atoms with E-state index in [-0.39, 0.29) is 29.9 Å². The minimum atomic E-state index is -3.88. The Labute approximate surface area is 145 Å². The molecule has 2 saturated heterocycles. The van der Waals surface area contributed by atoms with E-state index in [1.54, 1.807) is 9.80 Å². The van der Waals surface area contributed by atoms with Crippen molar-refractivity contribution in [1.82, 2.24) is 4.98 Å². The van der Waals surface area contributed by atoms with Crippen molar-refractivity contribution in [1.29, 1.82) is 0 Å². The zero-order valence-electron chi connectivity index (χ0n) is 13.9. The van der Waals surface area contributed by atoms with Crippen LogP contribution in [0.3, 0.4) is 0 Å². The maximum absolute atomic E-state index is 15.1. The Morgan fingerprint density at radius 3 is 2.60 bits per heavy atom. The molecule has 0 radical (unpaired) electrons. The summed E-state index contributed by atoms with van der Waals surface area (Å²) in [6, 6.07) is 0. The van der Waals surface area contributed by atoms with Crippen molar-refractivity contribution in [3.63, 3.8) is 0 Å². The molecule has 2 fully saturated rings. The van der Waals surface area contributed by atoms with E-state index < -0.39 is 26.5 Å². The number of nitrogens with zero attached hydrogens (tertiary/aromatic N) is 3. The molecule has 25 heavy (non-hydrogen) atoms. The van der Waals surface area contributed by atoms with Gasteiger partial charge >= 0.3 is 0 Å². The molecule has 0 aromatic carbocycles. The van der Waals surface area contributed by atoms with Gasteiger partial charge in [0, 0.05) is 32.8 Å². The highest BCUT2D eigenvalue weighted by Gasteiger charge is 2.39. The van der Waals surface area contributed by atoms with E-state index in [4.69, 9.17) is 4.74 Å². The lowest BCUT2D eigenvalue weighted by atomic mass is 10.2. The van der Waals surface area contributed by atoms with Gasteiger partial charge in [-0.3, -0.25) is 0 Å². The summed E-state index contributed by atoms with van der Waals surface area (Å²) in [5, 5.41) is 0. The van der Waals surface area contributed by atoms with Crippen LogP contribution in [0.5, 0.6) is 0 Å². The van der Waals surface area contributed by atoms with Gasteiger partial charge in [-0.1, -0.05) is 0 Å².